The highest BCUT2D eigenvalue weighted by Gasteiger charge is 2.65. The molecule has 0 saturated heterocycles. The van der Waals surface area contributed by atoms with Crippen molar-refractivity contribution < 1.29 is 24.5 Å². The summed E-state index contributed by atoms with van der Waals surface area (Å²) in [5, 5.41) is 22.3. The number of allylic oxidation sites excluding steroid dienone is 1. The van der Waals surface area contributed by atoms with Crippen molar-refractivity contribution in [3.8, 4) is 0 Å². The SMILES string of the molecule is CC(=O)OCC(O)[C@@]1(O)CC[C@H]2[C@@H]3CCC4=CC(=O)CC[C@]4(C)[C@H]3CC[C@@]21C. The molecule has 0 aromatic rings. The highest BCUT2D eigenvalue weighted by molar-refractivity contribution is 5.91. The summed E-state index contributed by atoms with van der Waals surface area (Å²) in [6.45, 7) is 5.66. The van der Waals surface area contributed by atoms with E-state index in [0.29, 0.717) is 30.6 Å². The standard InChI is InChI=1S/C23H34O5/c1-14(24)28-13-20(26)23(27)11-8-19-17-5-4-15-12-16(25)6-9-21(15,2)18(17)7-10-22(19,23)3/h12,17-20,26-27H,4-11,13H2,1-3H3/t17-,18+,19+,20?,21+,22+,23+/m1/s1. The molecule has 0 aromatic carbocycles. The van der Waals surface area contributed by atoms with Gasteiger partial charge in [0.1, 0.15) is 12.7 Å². The Morgan fingerprint density at radius 1 is 1.18 bits per heavy atom. The van der Waals surface area contributed by atoms with Gasteiger partial charge in [-0.25, -0.2) is 0 Å². The second-order valence-corrected chi connectivity index (χ2v) is 10.2. The Hall–Kier alpha value is -1.20. The van der Waals surface area contributed by atoms with Crippen molar-refractivity contribution in [1.82, 2.24) is 0 Å². The molecular formula is C23H34O5. The molecule has 0 spiro atoms. The molecule has 5 heteroatoms. The molecule has 0 aliphatic heterocycles. The number of rotatable bonds is 3. The van der Waals surface area contributed by atoms with E-state index in [0.717, 1.165) is 38.5 Å². The minimum absolute atomic E-state index is 0.106. The monoisotopic (exact) mass is 390 g/mol. The lowest BCUT2D eigenvalue weighted by Crippen LogP contribution is -2.59. The summed E-state index contributed by atoms with van der Waals surface area (Å²) in [6.07, 6.45) is 7.84. The zero-order valence-electron chi connectivity index (χ0n) is 17.4. The molecule has 0 amide bonds. The fraction of sp³-hybridized carbons (Fsp3) is 0.826. The van der Waals surface area contributed by atoms with E-state index in [-0.39, 0.29) is 23.2 Å². The third-order valence-electron chi connectivity index (χ3n) is 9.17. The molecule has 0 heterocycles. The summed E-state index contributed by atoms with van der Waals surface area (Å²) in [4.78, 5) is 23.1. The zero-order chi connectivity index (χ0) is 20.3. The quantitative estimate of drug-likeness (QED) is 0.723. The van der Waals surface area contributed by atoms with Gasteiger partial charge in [-0.1, -0.05) is 19.4 Å². The molecule has 1 unspecified atom stereocenters. The molecule has 0 aromatic heterocycles. The van der Waals surface area contributed by atoms with Crippen molar-refractivity contribution in [2.45, 2.75) is 83.8 Å². The van der Waals surface area contributed by atoms with Gasteiger partial charge in [-0.05, 0) is 74.2 Å². The highest BCUT2D eigenvalue weighted by atomic mass is 16.5. The van der Waals surface area contributed by atoms with Crippen LogP contribution in [0.25, 0.3) is 0 Å². The number of hydrogen-bond donors (Lipinski definition) is 2. The average Bonchev–Trinajstić information content (AvgIpc) is 2.92. The lowest BCUT2D eigenvalue weighted by atomic mass is 9.46. The zero-order valence-corrected chi connectivity index (χ0v) is 17.4. The molecule has 3 saturated carbocycles. The van der Waals surface area contributed by atoms with Crippen molar-refractivity contribution in [1.29, 1.82) is 0 Å². The third kappa shape index (κ3) is 2.72. The normalized spacial score (nSPS) is 46.1. The first-order valence-corrected chi connectivity index (χ1v) is 10.9. The van der Waals surface area contributed by atoms with Gasteiger partial charge in [-0.2, -0.15) is 0 Å². The second kappa shape index (κ2) is 6.66. The number of carbonyl (C=O) groups is 2. The van der Waals surface area contributed by atoms with Gasteiger partial charge in [-0.15, -0.1) is 0 Å². The summed E-state index contributed by atoms with van der Waals surface area (Å²) < 4.78 is 5.02. The van der Waals surface area contributed by atoms with Gasteiger partial charge in [0.05, 0.1) is 5.60 Å². The fourth-order valence-corrected chi connectivity index (χ4v) is 7.49. The lowest BCUT2D eigenvalue weighted by molar-refractivity contribution is -0.191. The summed E-state index contributed by atoms with van der Waals surface area (Å²) >= 11 is 0. The predicted molar refractivity (Wildman–Crippen MR) is 104 cm³/mol. The summed E-state index contributed by atoms with van der Waals surface area (Å²) in [5.41, 5.74) is -0.125. The van der Waals surface area contributed by atoms with Crippen LogP contribution in [0.4, 0.5) is 0 Å². The summed E-state index contributed by atoms with van der Waals surface area (Å²) in [5.74, 6) is 1.27. The van der Waals surface area contributed by atoms with Crippen LogP contribution < -0.4 is 0 Å². The molecule has 5 nitrogen and oxygen atoms in total. The van der Waals surface area contributed by atoms with E-state index in [9.17, 15) is 19.8 Å². The lowest BCUT2D eigenvalue weighted by Gasteiger charge is -2.59. The Morgan fingerprint density at radius 3 is 2.61 bits per heavy atom. The molecule has 2 N–H and O–H groups in total. The number of aliphatic hydroxyl groups is 2. The maximum atomic E-state index is 12.0. The Labute approximate surface area is 167 Å². The van der Waals surface area contributed by atoms with Crippen molar-refractivity contribution in [3.05, 3.63) is 11.6 Å². The maximum absolute atomic E-state index is 12.0. The van der Waals surface area contributed by atoms with E-state index in [4.69, 9.17) is 4.74 Å². The van der Waals surface area contributed by atoms with Gasteiger partial charge in [0.2, 0.25) is 0 Å². The van der Waals surface area contributed by atoms with Crippen LogP contribution in [0.1, 0.15) is 72.1 Å². The van der Waals surface area contributed by atoms with Crippen molar-refractivity contribution in [2.75, 3.05) is 6.61 Å². The smallest absolute Gasteiger partial charge is 0.302 e. The number of hydrogen-bond acceptors (Lipinski definition) is 5. The van der Waals surface area contributed by atoms with E-state index in [1.54, 1.807) is 0 Å². The van der Waals surface area contributed by atoms with Gasteiger partial charge in [0.15, 0.2) is 5.78 Å². The topological polar surface area (TPSA) is 83.8 Å². The number of ether oxygens (including phenoxy) is 1. The van der Waals surface area contributed by atoms with Gasteiger partial charge in [-0.3, -0.25) is 9.59 Å². The van der Waals surface area contributed by atoms with E-state index >= 15 is 0 Å². The van der Waals surface area contributed by atoms with Crippen LogP contribution in [-0.2, 0) is 14.3 Å². The van der Waals surface area contributed by atoms with E-state index in [1.165, 1.54) is 12.5 Å². The van der Waals surface area contributed by atoms with Crippen LogP contribution in [0.15, 0.2) is 11.6 Å². The van der Waals surface area contributed by atoms with Gasteiger partial charge < -0.3 is 14.9 Å². The third-order valence-corrected chi connectivity index (χ3v) is 9.17. The number of aliphatic hydroxyl groups excluding tert-OH is 1. The summed E-state index contributed by atoms with van der Waals surface area (Å²) in [7, 11) is 0. The Bertz CT molecular complexity index is 714. The minimum atomic E-state index is -1.21. The highest BCUT2D eigenvalue weighted by Crippen LogP contribution is 2.68. The van der Waals surface area contributed by atoms with Crippen LogP contribution in [0.3, 0.4) is 0 Å². The number of ketones is 1. The van der Waals surface area contributed by atoms with E-state index in [2.05, 4.69) is 13.8 Å². The molecule has 4 aliphatic carbocycles. The van der Waals surface area contributed by atoms with Crippen LogP contribution >= 0.6 is 0 Å². The summed E-state index contributed by atoms with van der Waals surface area (Å²) in [6, 6.07) is 0. The molecule has 4 rings (SSSR count). The second-order valence-electron chi connectivity index (χ2n) is 10.2. The Balaban J connectivity index is 1.59. The van der Waals surface area contributed by atoms with Crippen LogP contribution in [0.5, 0.6) is 0 Å². The van der Waals surface area contributed by atoms with E-state index < -0.39 is 17.7 Å². The van der Waals surface area contributed by atoms with Gasteiger partial charge >= 0.3 is 5.97 Å². The number of fused-ring (bicyclic) bond motifs is 5. The first-order valence-electron chi connectivity index (χ1n) is 10.9. The van der Waals surface area contributed by atoms with Crippen molar-refractivity contribution >= 4 is 11.8 Å². The Kier molecular flexibility index (Phi) is 4.78. The fourth-order valence-electron chi connectivity index (χ4n) is 7.49. The maximum Gasteiger partial charge on any atom is 0.302 e. The first-order chi connectivity index (χ1) is 13.1. The Morgan fingerprint density at radius 2 is 1.89 bits per heavy atom. The molecule has 7 atom stereocenters. The largest absolute Gasteiger partial charge is 0.463 e. The molecular weight excluding hydrogens is 356 g/mol. The number of carbonyl (C=O) groups excluding carboxylic acids is 2. The number of esters is 1. The average molecular weight is 391 g/mol. The van der Waals surface area contributed by atoms with Gasteiger partial charge in [0.25, 0.3) is 0 Å². The van der Waals surface area contributed by atoms with Crippen molar-refractivity contribution in [3.63, 3.8) is 0 Å². The van der Waals surface area contributed by atoms with Crippen molar-refractivity contribution in [2.24, 2.45) is 28.6 Å². The molecule has 0 radical (unpaired) electrons. The predicted octanol–water partition coefficient (Wildman–Crippen LogP) is 3.17. The first kappa shape index (κ1) is 20.1. The van der Waals surface area contributed by atoms with E-state index in [1.807, 2.05) is 6.08 Å². The molecule has 4 aliphatic rings. The molecule has 28 heavy (non-hydrogen) atoms. The molecule has 3 fully saturated rings. The molecule has 0 bridgehead atoms. The molecule has 156 valence electrons. The van der Waals surface area contributed by atoms with Crippen LogP contribution in [-0.4, -0.2) is 40.3 Å². The van der Waals surface area contributed by atoms with Gasteiger partial charge in [0, 0.05) is 18.8 Å². The van der Waals surface area contributed by atoms with Crippen LogP contribution in [0.2, 0.25) is 0 Å². The minimum Gasteiger partial charge on any atom is -0.463 e. The van der Waals surface area contributed by atoms with Crippen LogP contribution in [0, 0.1) is 28.6 Å².